The Bertz CT molecular complexity index is 1150. The standard InChI is InChI=1S/C26H24ClN3O2S/c1-18-7-13-22(14-8-18)30-24(31)17-23(25(30)32)29(16-15-19-5-3-2-4-6-19)26(33)28-21-11-9-20(27)10-12-21/h2-14,23H,15-17H2,1H3,(H,28,33)/t23-/m0/s1. The molecule has 2 amide bonds. The summed E-state index contributed by atoms with van der Waals surface area (Å²) in [5, 5.41) is 4.21. The lowest BCUT2D eigenvalue weighted by molar-refractivity contribution is -0.122. The molecule has 1 saturated heterocycles. The van der Waals surface area contributed by atoms with Gasteiger partial charge in [-0.15, -0.1) is 0 Å². The van der Waals surface area contributed by atoms with Gasteiger partial charge in [0.15, 0.2) is 5.11 Å². The zero-order chi connectivity index (χ0) is 23.4. The van der Waals surface area contributed by atoms with Crippen LogP contribution in [0, 0.1) is 6.92 Å². The molecule has 168 valence electrons. The van der Waals surface area contributed by atoms with Gasteiger partial charge >= 0.3 is 0 Å². The Labute approximate surface area is 204 Å². The summed E-state index contributed by atoms with van der Waals surface area (Å²) < 4.78 is 0. The van der Waals surface area contributed by atoms with E-state index in [0.717, 1.165) is 16.8 Å². The third kappa shape index (κ3) is 5.41. The topological polar surface area (TPSA) is 52.7 Å². The molecule has 4 rings (SSSR count). The first-order valence-electron chi connectivity index (χ1n) is 10.7. The number of anilines is 2. The molecule has 0 aliphatic carbocycles. The number of rotatable bonds is 6. The fraction of sp³-hybridized carbons (Fsp3) is 0.192. The number of nitrogens with one attached hydrogen (secondary N) is 1. The van der Waals surface area contributed by atoms with Crippen molar-refractivity contribution in [3.8, 4) is 0 Å². The minimum absolute atomic E-state index is 0.0734. The summed E-state index contributed by atoms with van der Waals surface area (Å²) in [7, 11) is 0. The molecule has 1 N–H and O–H groups in total. The maximum atomic E-state index is 13.4. The minimum atomic E-state index is -0.671. The van der Waals surface area contributed by atoms with E-state index in [2.05, 4.69) is 5.32 Å². The lowest BCUT2D eigenvalue weighted by Crippen LogP contribution is -2.48. The summed E-state index contributed by atoms with van der Waals surface area (Å²) in [6.07, 6.45) is 0.760. The SMILES string of the molecule is Cc1ccc(N2C(=O)C[C@H](N(CCc3ccccc3)C(=S)Nc3ccc(Cl)cc3)C2=O)cc1. The van der Waals surface area contributed by atoms with Crippen molar-refractivity contribution in [2.24, 2.45) is 0 Å². The molecule has 1 heterocycles. The van der Waals surface area contributed by atoms with Crippen LogP contribution in [-0.4, -0.2) is 34.4 Å². The fourth-order valence-electron chi connectivity index (χ4n) is 3.85. The van der Waals surface area contributed by atoms with Crippen LogP contribution in [0.5, 0.6) is 0 Å². The van der Waals surface area contributed by atoms with E-state index in [0.29, 0.717) is 28.8 Å². The van der Waals surface area contributed by atoms with E-state index in [1.807, 2.05) is 66.4 Å². The zero-order valence-corrected chi connectivity index (χ0v) is 19.8. The molecule has 0 saturated carbocycles. The van der Waals surface area contributed by atoms with Gasteiger partial charge in [-0.3, -0.25) is 9.59 Å². The average Bonchev–Trinajstić information content (AvgIpc) is 3.10. The van der Waals surface area contributed by atoms with Crippen LogP contribution in [-0.2, 0) is 16.0 Å². The van der Waals surface area contributed by atoms with E-state index >= 15 is 0 Å². The summed E-state index contributed by atoms with van der Waals surface area (Å²) >= 11 is 11.7. The van der Waals surface area contributed by atoms with Crippen molar-refractivity contribution in [2.75, 3.05) is 16.8 Å². The Morgan fingerprint density at radius 1 is 1.03 bits per heavy atom. The van der Waals surface area contributed by atoms with Crippen molar-refractivity contribution in [1.29, 1.82) is 0 Å². The number of benzene rings is 3. The Hall–Kier alpha value is -3.22. The van der Waals surface area contributed by atoms with Crippen LogP contribution in [0.25, 0.3) is 0 Å². The van der Waals surface area contributed by atoms with E-state index < -0.39 is 6.04 Å². The van der Waals surface area contributed by atoms with Crippen molar-refractivity contribution in [3.63, 3.8) is 0 Å². The van der Waals surface area contributed by atoms with Gasteiger partial charge in [-0.1, -0.05) is 59.6 Å². The van der Waals surface area contributed by atoms with Crippen molar-refractivity contribution in [3.05, 3.63) is 95.0 Å². The quantitative estimate of drug-likeness (QED) is 0.389. The molecule has 7 heteroatoms. The van der Waals surface area contributed by atoms with Gasteiger partial charge in [-0.05, 0) is 67.5 Å². The Morgan fingerprint density at radius 3 is 2.36 bits per heavy atom. The van der Waals surface area contributed by atoms with Gasteiger partial charge in [-0.2, -0.15) is 0 Å². The molecular formula is C26H24ClN3O2S. The van der Waals surface area contributed by atoms with Gasteiger partial charge in [-0.25, -0.2) is 4.90 Å². The van der Waals surface area contributed by atoms with Crippen molar-refractivity contribution in [1.82, 2.24) is 4.90 Å². The molecule has 1 atom stereocenters. The smallest absolute Gasteiger partial charge is 0.257 e. The van der Waals surface area contributed by atoms with Crippen LogP contribution in [0.4, 0.5) is 11.4 Å². The third-order valence-corrected chi connectivity index (χ3v) is 6.22. The number of carbonyl (C=O) groups is 2. The molecule has 1 fully saturated rings. The van der Waals surface area contributed by atoms with Crippen LogP contribution >= 0.6 is 23.8 Å². The van der Waals surface area contributed by atoms with E-state index in [1.165, 1.54) is 4.90 Å². The lowest BCUT2D eigenvalue weighted by Gasteiger charge is -2.30. The monoisotopic (exact) mass is 477 g/mol. The summed E-state index contributed by atoms with van der Waals surface area (Å²) in [4.78, 5) is 29.4. The molecule has 0 spiro atoms. The van der Waals surface area contributed by atoms with Gasteiger partial charge in [0.05, 0.1) is 12.1 Å². The minimum Gasteiger partial charge on any atom is -0.336 e. The number of imide groups is 1. The second kappa shape index (κ2) is 10.1. The second-order valence-corrected chi connectivity index (χ2v) is 8.81. The number of hydrogen-bond donors (Lipinski definition) is 1. The fourth-order valence-corrected chi connectivity index (χ4v) is 4.31. The number of nitrogens with zero attached hydrogens (tertiary/aromatic N) is 2. The first-order chi connectivity index (χ1) is 15.9. The molecule has 0 bridgehead atoms. The number of thiocarbonyl (C=S) groups is 1. The highest BCUT2D eigenvalue weighted by atomic mass is 35.5. The Kier molecular flexibility index (Phi) is 7.06. The average molecular weight is 478 g/mol. The summed E-state index contributed by atoms with van der Waals surface area (Å²) in [5.41, 5.74) is 3.54. The van der Waals surface area contributed by atoms with Crippen LogP contribution < -0.4 is 10.2 Å². The first-order valence-corrected chi connectivity index (χ1v) is 11.5. The molecular weight excluding hydrogens is 454 g/mol. The Balaban J connectivity index is 1.58. The number of aryl methyl sites for hydroxylation is 1. The van der Waals surface area contributed by atoms with Crippen LogP contribution in [0.1, 0.15) is 17.5 Å². The predicted molar refractivity (Wildman–Crippen MR) is 137 cm³/mol. The number of carbonyl (C=O) groups excluding carboxylic acids is 2. The van der Waals surface area contributed by atoms with Gasteiger partial charge < -0.3 is 10.2 Å². The first kappa shape index (κ1) is 23.0. The maximum absolute atomic E-state index is 13.4. The number of amides is 2. The second-order valence-electron chi connectivity index (χ2n) is 7.99. The molecule has 5 nitrogen and oxygen atoms in total. The highest BCUT2D eigenvalue weighted by molar-refractivity contribution is 7.80. The van der Waals surface area contributed by atoms with Gasteiger partial charge in [0.2, 0.25) is 5.91 Å². The highest BCUT2D eigenvalue weighted by Gasteiger charge is 2.43. The molecule has 3 aromatic rings. The summed E-state index contributed by atoms with van der Waals surface area (Å²) in [6.45, 7) is 2.46. The van der Waals surface area contributed by atoms with Crippen LogP contribution in [0.3, 0.4) is 0 Å². The highest BCUT2D eigenvalue weighted by Crippen LogP contribution is 2.27. The van der Waals surface area contributed by atoms with Crippen molar-refractivity contribution >= 4 is 52.1 Å². The summed E-state index contributed by atoms with van der Waals surface area (Å²) in [5.74, 6) is -0.495. The molecule has 3 aromatic carbocycles. The molecule has 0 unspecified atom stereocenters. The van der Waals surface area contributed by atoms with E-state index in [1.54, 1.807) is 24.3 Å². The molecule has 0 aromatic heterocycles. The number of hydrogen-bond acceptors (Lipinski definition) is 3. The van der Waals surface area contributed by atoms with E-state index in [9.17, 15) is 9.59 Å². The van der Waals surface area contributed by atoms with Gasteiger partial charge in [0.25, 0.3) is 5.91 Å². The van der Waals surface area contributed by atoms with Crippen molar-refractivity contribution < 1.29 is 9.59 Å². The zero-order valence-electron chi connectivity index (χ0n) is 18.2. The van der Waals surface area contributed by atoms with E-state index in [4.69, 9.17) is 23.8 Å². The molecule has 0 radical (unpaired) electrons. The van der Waals surface area contributed by atoms with Crippen molar-refractivity contribution in [2.45, 2.75) is 25.8 Å². The van der Waals surface area contributed by atoms with Gasteiger partial charge in [0.1, 0.15) is 6.04 Å². The normalized spacial score (nSPS) is 15.6. The van der Waals surface area contributed by atoms with E-state index in [-0.39, 0.29) is 18.2 Å². The third-order valence-electron chi connectivity index (χ3n) is 5.63. The Morgan fingerprint density at radius 2 is 1.70 bits per heavy atom. The van der Waals surface area contributed by atoms with Gasteiger partial charge in [0, 0.05) is 17.3 Å². The predicted octanol–water partition coefficient (Wildman–Crippen LogP) is 5.22. The molecule has 1 aliphatic rings. The summed E-state index contributed by atoms with van der Waals surface area (Å²) in [6, 6.07) is 23.9. The molecule has 1 aliphatic heterocycles. The largest absolute Gasteiger partial charge is 0.336 e. The van der Waals surface area contributed by atoms with Crippen LogP contribution in [0.15, 0.2) is 78.9 Å². The number of halogens is 1. The molecule has 33 heavy (non-hydrogen) atoms. The lowest BCUT2D eigenvalue weighted by atomic mass is 10.1. The van der Waals surface area contributed by atoms with Crippen LogP contribution in [0.2, 0.25) is 5.02 Å². The maximum Gasteiger partial charge on any atom is 0.257 e.